The third-order valence-corrected chi connectivity index (χ3v) is 4.93. The fraction of sp³-hybridized carbons (Fsp3) is 0.389. The molecule has 8 heteroatoms. The van der Waals surface area contributed by atoms with Crippen LogP contribution < -0.4 is 0 Å². The second-order valence-electron chi connectivity index (χ2n) is 6.52. The number of para-hydroxylation sites is 1. The zero-order valence-electron chi connectivity index (χ0n) is 15.0. The van der Waals surface area contributed by atoms with Crippen LogP contribution in [0.15, 0.2) is 33.9 Å². The van der Waals surface area contributed by atoms with Gasteiger partial charge in [-0.2, -0.15) is 4.98 Å². The van der Waals surface area contributed by atoms with Gasteiger partial charge in [-0.15, -0.1) is 10.2 Å². The maximum Gasteiger partial charge on any atom is 0.226 e. The molecule has 134 valence electrons. The number of aryl methyl sites for hydroxylation is 1. The predicted octanol–water partition coefficient (Wildman–Crippen LogP) is 3.87. The van der Waals surface area contributed by atoms with Gasteiger partial charge in [-0.25, -0.2) is 4.98 Å². The van der Waals surface area contributed by atoms with Crippen molar-refractivity contribution in [1.29, 1.82) is 0 Å². The van der Waals surface area contributed by atoms with Crippen LogP contribution in [0.2, 0.25) is 0 Å². The Kier molecular flexibility index (Phi) is 4.58. The summed E-state index contributed by atoms with van der Waals surface area (Å²) in [6, 6.07) is 8.19. The van der Waals surface area contributed by atoms with Gasteiger partial charge in [0.05, 0.1) is 11.3 Å². The molecule has 0 aliphatic carbocycles. The van der Waals surface area contributed by atoms with Gasteiger partial charge in [0.1, 0.15) is 5.52 Å². The highest BCUT2D eigenvalue weighted by Gasteiger charge is 2.15. The van der Waals surface area contributed by atoms with Crippen molar-refractivity contribution in [3.8, 4) is 0 Å². The van der Waals surface area contributed by atoms with Crippen LogP contribution in [0, 0.1) is 5.92 Å². The molecule has 7 nitrogen and oxygen atoms in total. The van der Waals surface area contributed by atoms with Crippen molar-refractivity contribution < 1.29 is 4.52 Å². The van der Waals surface area contributed by atoms with Crippen molar-refractivity contribution in [3.05, 3.63) is 36.0 Å². The van der Waals surface area contributed by atoms with Crippen LogP contribution in [-0.4, -0.2) is 29.9 Å². The summed E-state index contributed by atoms with van der Waals surface area (Å²) < 4.78 is 7.44. The van der Waals surface area contributed by atoms with E-state index in [0.717, 1.165) is 35.0 Å². The monoisotopic (exact) mass is 368 g/mol. The van der Waals surface area contributed by atoms with E-state index >= 15 is 0 Å². The first-order valence-corrected chi connectivity index (χ1v) is 9.70. The second-order valence-corrected chi connectivity index (χ2v) is 7.46. The summed E-state index contributed by atoms with van der Waals surface area (Å²) >= 11 is 1.47. The van der Waals surface area contributed by atoms with Gasteiger partial charge in [0.25, 0.3) is 0 Å². The topological polar surface area (TPSA) is 82.5 Å². The number of aromatic nitrogens is 6. The molecule has 26 heavy (non-hydrogen) atoms. The van der Waals surface area contributed by atoms with Crippen molar-refractivity contribution in [3.63, 3.8) is 0 Å². The van der Waals surface area contributed by atoms with E-state index in [9.17, 15) is 0 Å². The quantitative estimate of drug-likeness (QED) is 0.478. The summed E-state index contributed by atoms with van der Waals surface area (Å²) in [4.78, 5) is 9.14. The Bertz CT molecular complexity index is 1050. The molecule has 1 aromatic carbocycles. The van der Waals surface area contributed by atoms with Crippen molar-refractivity contribution >= 4 is 33.8 Å². The summed E-state index contributed by atoms with van der Waals surface area (Å²) in [5.74, 6) is 2.38. The van der Waals surface area contributed by atoms with E-state index in [1.54, 1.807) is 0 Å². The average Bonchev–Trinajstić information content (AvgIpc) is 3.20. The highest BCUT2D eigenvalue weighted by molar-refractivity contribution is 7.98. The Morgan fingerprint density at radius 2 is 2.00 bits per heavy atom. The highest BCUT2D eigenvalue weighted by atomic mass is 32.2. The number of benzene rings is 1. The van der Waals surface area contributed by atoms with E-state index in [4.69, 9.17) is 9.51 Å². The standard InChI is InChI=1S/C18H20N6OS/c1-4-24-13-8-6-5-7-12(13)16-17(24)20-18(22-21-16)26-10-14-19-15(25-23-14)9-11(2)3/h5-8,11H,4,9-10H2,1-3H3. The molecule has 0 unspecified atom stereocenters. The molecule has 0 saturated heterocycles. The van der Waals surface area contributed by atoms with E-state index in [1.165, 1.54) is 11.8 Å². The minimum atomic E-state index is 0.488. The van der Waals surface area contributed by atoms with Crippen LogP contribution in [-0.2, 0) is 18.7 Å². The van der Waals surface area contributed by atoms with Crippen molar-refractivity contribution in [2.75, 3.05) is 0 Å². The number of hydrogen-bond acceptors (Lipinski definition) is 7. The molecule has 0 atom stereocenters. The van der Waals surface area contributed by atoms with Crippen LogP contribution in [0.25, 0.3) is 22.1 Å². The molecule has 0 saturated carbocycles. The molecule has 3 heterocycles. The molecule has 3 aromatic heterocycles. The van der Waals surface area contributed by atoms with Crippen LogP contribution in [0.1, 0.15) is 32.5 Å². The molecule has 0 radical (unpaired) electrons. The van der Waals surface area contributed by atoms with Crippen LogP contribution in [0.5, 0.6) is 0 Å². The Labute approximate surface area is 155 Å². The lowest BCUT2D eigenvalue weighted by Crippen LogP contribution is -1.99. The van der Waals surface area contributed by atoms with Gasteiger partial charge in [0, 0.05) is 18.4 Å². The fourth-order valence-corrected chi connectivity index (χ4v) is 3.61. The van der Waals surface area contributed by atoms with Gasteiger partial charge >= 0.3 is 0 Å². The van der Waals surface area contributed by atoms with Gasteiger partial charge < -0.3 is 9.09 Å². The smallest absolute Gasteiger partial charge is 0.226 e. The third kappa shape index (κ3) is 3.16. The summed E-state index contributed by atoms with van der Waals surface area (Å²) in [6.07, 6.45) is 0.790. The molecule has 0 N–H and O–H groups in total. The minimum absolute atomic E-state index is 0.488. The Balaban J connectivity index is 1.59. The lowest BCUT2D eigenvalue weighted by atomic mass is 10.1. The first-order chi connectivity index (χ1) is 12.7. The second kappa shape index (κ2) is 7.03. The summed E-state index contributed by atoms with van der Waals surface area (Å²) in [5, 5.41) is 14.4. The normalized spacial score (nSPS) is 11.8. The number of thioether (sulfide) groups is 1. The molecule has 4 aromatic rings. The molecular weight excluding hydrogens is 348 g/mol. The number of rotatable bonds is 6. The SMILES string of the molecule is CCn1c2ccccc2c2nnc(SCc3noc(CC(C)C)n3)nc21. The molecule has 0 spiro atoms. The first-order valence-electron chi connectivity index (χ1n) is 8.71. The van der Waals surface area contributed by atoms with E-state index < -0.39 is 0 Å². The Hall–Kier alpha value is -2.48. The third-order valence-electron chi connectivity index (χ3n) is 4.09. The fourth-order valence-electron chi connectivity index (χ4n) is 2.98. The molecule has 0 fully saturated rings. The van der Waals surface area contributed by atoms with Crippen LogP contribution >= 0.6 is 11.8 Å². The molecule has 4 rings (SSSR count). The van der Waals surface area contributed by atoms with E-state index in [1.807, 2.05) is 12.1 Å². The first kappa shape index (κ1) is 17.0. The van der Waals surface area contributed by atoms with E-state index in [-0.39, 0.29) is 0 Å². The van der Waals surface area contributed by atoms with Gasteiger partial charge in [0.2, 0.25) is 11.0 Å². The predicted molar refractivity (Wildman–Crippen MR) is 101 cm³/mol. The van der Waals surface area contributed by atoms with Gasteiger partial charge in [-0.1, -0.05) is 49.0 Å². The average molecular weight is 368 g/mol. The number of fused-ring (bicyclic) bond motifs is 3. The summed E-state index contributed by atoms with van der Waals surface area (Å²) in [6.45, 7) is 7.19. The van der Waals surface area contributed by atoms with Crippen molar-refractivity contribution in [2.45, 2.75) is 44.6 Å². The molecular formula is C18H20N6OS. The zero-order valence-corrected chi connectivity index (χ0v) is 15.8. The van der Waals surface area contributed by atoms with E-state index in [2.05, 4.69) is 57.8 Å². The van der Waals surface area contributed by atoms with E-state index in [0.29, 0.717) is 28.5 Å². The zero-order chi connectivity index (χ0) is 18.1. The number of hydrogen-bond donors (Lipinski definition) is 0. The summed E-state index contributed by atoms with van der Waals surface area (Å²) in [7, 11) is 0. The summed E-state index contributed by atoms with van der Waals surface area (Å²) in [5.41, 5.74) is 2.83. The highest BCUT2D eigenvalue weighted by Crippen LogP contribution is 2.27. The van der Waals surface area contributed by atoms with Gasteiger partial charge in [0.15, 0.2) is 11.5 Å². The lowest BCUT2D eigenvalue weighted by Gasteiger charge is -2.02. The molecule has 0 aliphatic heterocycles. The molecule has 0 aliphatic rings. The maximum atomic E-state index is 5.28. The van der Waals surface area contributed by atoms with Crippen molar-refractivity contribution in [1.82, 2.24) is 29.9 Å². The van der Waals surface area contributed by atoms with Crippen LogP contribution in [0.4, 0.5) is 0 Å². The van der Waals surface area contributed by atoms with Crippen LogP contribution in [0.3, 0.4) is 0 Å². The van der Waals surface area contributed by atoms with Crippen molar-refractivity contribution in [2.24, 2.45) is 5.92 Å². The molecule has 0 amide bonds. The lowest BCUT2D eigenvalue weighted by molar-refractivity contribution is 0.360. The van der Waals surface area contributed by atoms with Gasteiger partial charge in [-0.05, 0) is 18.9 Å². The largest absolute Gasteiger partial charge is 0.339 e. The maximum absolute atomic E-state index is 5.28. The Morgan fingerprint density at radius 1 is 1.15 bits per heavy atom. The Morgan fingerprint density at radius 3 is 2.81 bits per heavy atom. The minimum Gasteiger partial charge on any atom is -0.339 e. The molecule has 0 bridgehead atoms. The van der Waals surface area contributed by atoms with Gasteiger partial charge in [-0.3, -0.25) is 0 Å². The number of nitrogens with zero attached hydrogens (tertiary/aromatic N) is 6.